The summed E-state index contributed by atoms with van der Waals surface area (Å²) in [5.41, 5.74) is 1.39. The maximum Gasteiger partial charge on any atom is 0.141 e. The van der Waals surface area contributed by atoms with Gasteiger partial charge in [-0.2, -0.15) is 0 Å². The van der Waals surface area contributed by atoms with Crippen LogP contribution >= 0.6 is 0 Å². The van der Waals surface area contributed by atoms with Gasteiger partial charge in [0.1, 0.15) is 11.6 Å². The van der Waals surface area contributed by atoms with Gasteiger partial charge in [-0.3, -0.25) is 4.90 Å². The molecule has 0 saturated carbocycles. The number of aromatic nitrogens is 1. The second kappa shape index (κ2) is 6.68. The Labute approximate surface area is 125 Å². The van der Waals surface area contributed by atoms with Crippen LogP contribution < -0.4 is 4.90 Å². The van der Waals surface area contributed by atoms with Gasteiger partial charge >= 0.3 is 0 Å². The van der Waals surface area contributed by atoms with E-state index >= 15 is 0 Å². The summed E-state index contributed by atoms with van der Waals surface area (Å²) in [7, 11) is 0. The van der Waals surface area contributed by atoms with Crippen LogP contribution in [0.4, 0.5) is 10.2 Å². The van der Waals surface area contributed by atoms with Crippen LogP contribution in [0.3, 0.4) is 0 Å². The molecule has 3 nitrogen and oxygen atoms in total. The first-order chi connectivity index (χ1) is 10.3. The highest BCUT2D eigenvalue weighted by molar-refractivity contribution is 5.38. The fraction of sp³-hybridized carbons (Fsp3) is 0.353. The van der Waals surface area contributed by atoms with Gasteiger partial charge in [0.15, 0.2) is 0 Å². The zero-order chi connectivity index (χ0) is 14.5. The van der Waals surface area contributed by atoms with E-state index in [9.17, 15) is 4.39 Å². The highest BCUT2D eigenvalue weighted by Gasteiger charge is 2.17. The summed E-state index contributed by atoms with van der Waals surface area (Å²) in [5, 5.41) is 0. The normalized spacial score (nSPS) is 16.1. The van der Waals surface area contributed by atoms with E-state index in [0.717, 1.165) is 45.0 Å². The zero-order valence-electron chi connectivity index (χ0n) is 12.1. The van der Waals surface area contributed by atoms with Gasteiger partial charge in [0.25, 0.3) is 0 Å². The average Bonchev–Trinajstić information content (AvgIpc) is 2.55. The Kier molecular flexibility index (Phi) is 4.46. The fourth-order valence-corrected chi connectivity index (χ4v) is 2.69. The number of nitrogens with zero attached hydrogens (tertiary/aromatic N) is 3. The SMILES string of the molecule is Fc1ccc(N2CCN(CCc3ccccc3)CC2)nc1. The molecule has 0 bridgehead atoms. The number of hydrogen-bond acceptors (Lipinski definition) is 3. The minimum Gasteiger partial charge on any atom is -0.354 e. The molecule has 1 aliphatic rings. The summed E-state index contributed by atoms with van der Waals surface area (Å²) in [6.45, 7) is 5.06. The Bertz CT molecular complexity index is 548. The number of rotatable bonds is 4. The summed E-state index contributed by atoms with van der Waals surface area (Å²) < 4.78 is 12.9. The van der Waals surface area contributed by atoms with Gasteiger partial charge in [0, 0.05) is 32.7 Å². The minimum absolute atomic E-state index is 0.278. The van der Waals surface area contributed by atoms with Gasteiger partial charge in [-0.15, -0.1) is 0 Å². The molecule has 4 heteroatoms. The molecule has 0 N–H and O–H groups in total. The van der Waals surface area contributed by atoms with E-state index in [1.165, 1.54) is 17.8 Å². The van der Waals surface area contributed by atoms with Crippen LogP contribution in [-0.2, 0) is 6.42 Å². The molecule has 0 atom stereocenters. The number of anilines is 1. The lowest BCUT2D eigenvalue weighted by atomic mass is 10.1. The first-order valence-corrected chi connectivity index (χ1v) is 7.44. The van der Waals surface area contributed by atoms with Crippen LogP contribution in [0.15, 0.2) is 48.7 Å². The standard InChI is InChI=1S/C17H20FN3/c18-16-6-7-17(19-14-16)21-12-10-20(11-13-21)9-8-15-4-2-1-3-5-15/h1-7,14H,8-13H2. The van der Waals surface area contributed by atoms with Crippen LogP contribution in [0, 0.1) is 5.82 Å². The van der Waals surface area contributed by atoms with Crippen LogP contribution in [-0.4, -0.2) is 42.6 Å². The van der Waals surface area contributed by atoms with Crippen LogP contribution in [0.2, 0.25) is 0 Å². The molecule has 0 radical (unpaired) electrons. The van der Waals surface area contributed by atoms with Crippen molar-refractivity contribution in [1.82, 2.24) is 9.88 Å². The predicted octanol–water partition coefficient (Wildman–Crippen LogP) is 2.59. The quantitative estimate of drug-likeness (QED) is 0.861. The van der Waals surface area contributed by atoms with Gasteiger partial charge in [-0.05, 0) is 24.1 Å². The summed E-state index contributed by atoms with van der Waals surface area (Å²) in [4.78, 5) is 8.85. The molecule has 1 saturated heterocycles. The van der Waals surface area contributed by atoms with Crippen molar-refractivity contribution in [3.63, 3.8) is 0 Å². The molecule has 2 heterocycles. The lowest BCUT2D eigenvalue weighted by Crippen LogP contribution is -2.47. The van der Waals surface area contributed by atoms with E-state index in [4.69, 9.17) is 0 Å². The average molecular weight is 285 g/mol. The van der Waals surface area contributed by atoms with Crippen LogP contribution in [0.25, 0.3) is 0 Å². The van der Waals surface area contributed by atoms with Crippen molar-refractivity contribution >= 4 is 5.82 Å². The zero-order valence-corrected chi connectivity index (χ0v) is 12.1. The van der Waals surface area contributed by atoms with Crippen molar-refractivity contribution < 1.29 is 4.39 Å². The molecule has 0 aliphatic carbocycles. The number of piperazine rings is 1. The van der Waals surface area contributed by atoms with Gasteiger partial charge < -0.3 is 4.90 Å². The molecule has 2 aromatic rings. The van der Waals surface area contributed by atoms with E-state index in [2.05, 4.69) is 45.1 Å². The maximum atomic E-state index is 12.9. The molecule has 0 spiro atoms. The molecule has 1 aromatic heterocycles. The van der Waals surface area contributed by atoms with E-state index in [1.54, 1.807) is 6.07 Å². The van der Waals surface area contributed by atoms with Crippen LogP contribution in [0.5, 0.6) is 0 Å². The third kappa shape index (κ3) is 3.79. The second-order valence-electron chi connectivity index (χ2n) is 5.40. The fourth-order valence-electron chi connectivity index (χ4n) is 2.69. The molecule has 0 amide bonds. The van der Waals surface area contributed by atoms with E-state index in [-0.39, 0.29) is 5.82 Å². The molecular weight excluding hydrogens is 265 g/mol. The number of hydrogen-bond donors (Lipinski definition) is 0. The Morgan fingerprint density at radius 2 is 1.71 bits per heavy atom. The van der Waals surface area contributed by atoms with Gasteiger partial charge in [-0.25, -0.2) is 9.37 Å². The van der Waals surface area contributed by atoms with Gasteiger partial charge in [-0.1, -0.05) is 30.3 Å². The summed E-state index contributed by atoms with van der Waals surface area (Å²) in [6, 6.07) is 13.8. The highest BCUT2D eigenvalue weighted by Crippen LogP contribution is 2.14. The minimum atomic E-state index is -0.278. The molecule has 1 aliphatic heterocycles. The third-order valence-electron chi connectivity index (χ3n) is 3.97. The lowest BCUT2D eigenvalue weighted by Gasteiger charge is -2.35. The third-order valence-corrected chi connectivity index (χ3v) is 3.97. The summed E-state index contributed by atoms with van der Waals surface area (Å²) >= 11 is 0. The van der Waals surface area contributed by atoms with Gasteiger partial charge in [0.05, 0.1) is 6.20 Å². The predicted molar refractivity (Wildman–Crippen MR) is 83.0 cm³/mol. The highest BCUT2D eigenvalue weighted by atomic mass is 19.1. The molecular formula is C17H20FN3. The number of benzene rings is 1. The Hall–Kier alpha value is -1.94. The molecule has 21 heavy (non-hydrogen) atoms. The summed E-state index contributed by atoms with van der Waals surface area (Å²) in [6.07, 6.45) is 2.38. The van der Waals surface area contributed by atoms with Crippen molar-refractivity contribution in [3.8, 4) is 0 Å². The number of halogens is 1. The Balaban J connectivity index is 1.48. The Morgan fingerprint density at radius 1 is 0.952 bits per heavy atom. The van der Waals surface area contributed by atoms with Crippen molar-refractivity contribution in [1.29, 1.82) is 0 Å². The first-order valence-electron chi connectivity index (χ1n) is 7.44. The second-order valence-corrected chi connectivity index (χ2v) is 5.40. The smallest absolute Gasteiger partial charge is 0.141 e. The van der Waals surface area contributed by atoms with Crippen LogP contribution in [0.1, 0.15) is 5.56 Å². The molecule has 1 fully saturated rings. The van der Waals surface area contributed by atoms with E-state index < -0.39 is 0 Å². The monoisotopic (exact) mass is 285 g/mol. The van der Waals surface area contributed by atoms with E-state index in [1.807, 2.05) is 0 Å². The van der Waals surface area contributed by atoms with Crippen molar-refractivity contribution in [2.75, 3.05) is 37.6 Å². The molecule has 110 valence electrons. The van der Waals surface area contributed by atoms with Crippen molar-refractivity contribution in [2.45, 2.75) is 6.42 Å². The number of pyridine rings is 1. The topological polar surface area (TPSA) is 19.4 Å². The molecule has 3 rings (SSSR count). The molecule has 1 aromatic carbocycles. The van der Waals surface area contributed by atoms with Gasteiger partial charge in [0.2, 0.25) is 0 Å². The molecule has 0 unspecified atom stereocenters. The van der Waals surface area contributed by atoms with Crippen molar-refractivity contribution in [3.05, 3.63) is 60.0 Å². The van der Waals surface area contributed by atoms with Crippen molar-refractivity contribution in [2.24, 2.45) is 0 Å². The Morgan fingerprint density at radius 3 is 2.38 bits per heavy atom. The largest absolute Gasteiger partial charge is 0.354 e. The first kappa shape index (κ1) is 14.0. The van der Waals surface area contributed by atoms with E-state index in [0.29, 0.717) is 0 Å². The maximum absolute atomic E-state index is 12.9. The summed E-state index contributed by atoms with van der Waals surface area (Å²) in [5.74, 6) is 0.597. The lowest BCUT2D eigenvalue weighted by molar-refractivity contribution is 0.260.